The van der Waals surface area contributed by atoms with Crippen molar-refractivity contribution in [1.29, 1.82) is 0 Å². The van der Waals surface area contributed by atoms with E-state index in [4.69, 9.17) is 14.2 Å². The van der Waals surface area contributed by atoms with Gasteiger partial charge in [-0.1, -0.05) is 68.8 Å². The summed E-state index contributed by atoms with van der Waals surface area (Å²) in [4.78, 5) is 27.9. The van der Waals surface area contributed by atoms with Crippen LogP contribution in [-0.2, 0) is 26.3 Å². The zero-order valence-corrected chi connectivity index (χ0v) is 28.2. The van der Waals surface area contributed by atoms with Crippen molar-refractivity contribution < 1.29 is 55.2 Å². The number of amides is 3. The highest BCUT2D eigenvalue weighted by atomic mass is 19.4. The number of unbranched alkanes of at least 4 members (excludes halogenated alkanes) is 1. The van der Waals surface area contributed by atoms with Crippen LogP contribution in [0, 0.1) is 5.92 Å². The third-order valence-corrected chi connectivity index (χ3v) is 9.40. The number of carbonyl (C=O) groups excluding carboxylic acids is 2. The summed E-state index contributed by atoms with van der Waals surface area (Å²) in [6, 6.07) is 9.41. The molecule has 2 unspecified atom stereocenters. The van der Waals surface area contributed by atoms with Gasteiger partial charge in [0.1, 0.15) is 30.3 Å². The molecule has 0 aromatic heterocycles. The fraction of sp³-hybridized carbons (Fsp3) is 0.459. The first kappa shape index (κ1) is 37.8. The lowest BCUT2D eigenvalue weighted by atomic mass is 9.77. The van der Waals surface area contributed by atoms with Crippen LogP contribution in [0.25, 0.3) is 12.2 Å². The number of halogens is 6. The molecular weight excluding hydrogens is 682 g/mol. The van der Waals surface area contributed by atoms with Crippen LogP contribution in [0.5, 0.6) is 5.75 Å². The van der Waals surface area contributed by atoms with Gasteiger partial charge < -0.3 is 24.6 Å². The van der Waals surface area contributed by atoms with Crippen molar-refractivity contribution >= 4 is 24.1 Å². The molecule has 14 heteroatoms. The van der Waals surface area contributed by atoms with E-state index in [1.54, 1.807) is 43.3 Å². The maximum atomic E-state index is 13.9. The molecule has 2 aromatic carbocycles. The van der Waals surface area contributed by atoms with E-state index in [0.29, 0.717) is 74.5 Å². The van der Waals surface area contributed by atoms with Crippen molar-refractivity contribution in [2.24, 2.45) is 5.92 Å². The number of hydrogen-bond acceptors (Lipinski definition) is 6. The number of imide groups is 1. The Hall–Kier alpha value is -4.46. The van der Waals surface area contributed by atoms with Crippen LogP contribution in [0.2, 0.25) is 0 Å². The van der Waals surface area contributed by atoms with E-state index in [2.05, 4.69) is 5.32 Å². The number of benzene rings is 2. The number of aliphatic hydroxyl groups is 1. The molecule has 0 saturated carbocycles. The minimum absolute atomic E-state index is 0.0206. The maximum Gasteiger partial charge on any atom is 0.430 e. The van der Waals surface area contributed by atoms with Gasteiger partial charge >= 0.3 is 18.4 Å². The highest BCUT2D eigenvalue weighted by molar-refractivity contribution is 6.07. The Bertz CT molecular complexity index is 1670. The Morgan fingerprint density at radius 3 is 2.37 bits per heavy atom. The largest absolute Gasteiger partial charge is 0.493 e. The third kappa shape index (κ3) is 7.46. The second-order valence-corrected chi connectivity index (χ2v) is 12.7. The average Bonchev–Trinajstić information content (AvgIpc) is 3.35. The number of ether oxygens (including phenoxy) is 3. The number of alkyl halides is 6. The van der Waals surface area contributed by atoms with E-state index in [1.807, 2.05) is 13.0 Å². The van der Waals surface area contributed by atoms with Crippen LogP contribution < -0.4 is 10.1 Å². The molecule has 2 atom stereocenters. The van der Waals surface area contributed by atoms with Crippen molar-refractivity contribution in [3.8, 4) is 5.75 Å². The van der Waals surface area contributed by atoms with Crippen molar-refractivity contribution in [2.45, 2.75) is 75.9 Å². The summed E-state index contributed by atoms with van der Waals surface area (Å²) in [5.41, 5.74) is -7.05. The van der Waals surface area contributed by atoms with Gasteiger partial charge in [0.15, 0.2) is 5.76 Å². The Labute approximate surface area is 291 Å². The maximum absolute atomic E-state index is 13.9. The molecule has 276 valence electrons. The summed E-state index contributed by atoms with van der Waals surface area (Å²) in [5, 5.41) is 13.1. The first-order chi connectivity index (χ1) is 24.2. The van der Waals surface area contributed by atoms with E-state index in [0.717, 1.165) is 4.90 Å². The summed E-state index contributed by atoms with van der Waals surface area (Å²) in [5.74, 6) is 0.592. The van der Waals surface area contributed by atoms with Gasteiger partial charge in [-0.05, 0) is 55.0 Å². The minimum atomic E-state index is -6.06. The molecule has 1 fully saturated rings. The molecule has 5 rings (SSSR count). The SMILES string of the molecule is CCCc1cc(C(O)(C(F)(F)F)C(F)(F)F)cc(/C=C/c2ccccc2)c1OCCCCN1C(=O)NC(CC)(C2C=CC3=C(C2)OCCO3)C1=O. The molecule has 0 radical (unpaired) electrons. The summed E-state index contributed by atoms with van der Waals surface area (Å²) in [6.07, 6.45) is -3.89. The van der Waals surface area contributed by atoms with Crippen LogP contribution in [0.3, 0.4) is 0 Å². The average molecular weight is 723 g/mol. The zero-order valence-electron chi connectivity index (χ0n) is 28.2. The van der Waals surface area contributed by atoms with E-state index in [9.17, 15) is 41.0 Å². The molecule has 0 bridgehead atoms. The Morgan fingerprint density at radius 2 is 1.71 bits per heavy atom. The van der Waals surface area contributed by atoms with Gasteiger partial charge in [-0.25, -0.2) is 4.79 Å². The number of nitrogens with one attached hydrogen (secondary N) is 1. The summed E-state index contributed by atoms with van der Waals surface area (Å²) < 4.78 is 101. The minimum Gasteiger partial charge on any atom is -0.493 e. The van der Waals surface area contributed by atoms with E-state index in [-0.39, 0.29) is 48.3 Å². The Morgan fingerprint density at radius 1 is 1.00 bits per heavy atom. The van der Waals surface area contributed by atoms with Crippen LogP contribution in [-0.4, -0.2) is 66.2 Å². The van der Waals surface area contributed by atoms with Gasteiger partial charge in [0.05, 0.1) is 6.61 Å². The van der Waals surface area contributed by atoms with Crippen LogP contribution in [0.4, 0.5) is 31.1 Å². The standard InChI is InChI=1S/C37H40F6N2O6/c1-3-10-25-21-28(35(48,36(38,39)40)37(41,42)43)22-26(14-13-24-11-6-5-7-12-24)31(25)51-18-9-8-17-45-32(46)34(4-2,44-33(45)47)27-15-16-29-30(23-27)50-20-19-49-29/h5-7,11-16,21-22,27,48H,3-4,8-10,17-20,23H2,1-2H3,(H,44,47)/b14-13+. The number of nitrogens with zero attached hydrogens (tertiary/aromatic N) is 1. The molecule has 8 nitrogen and oxygen atoms in total. The highest BCUT2D eigenvalue weighted by Gasteiger charge is 2.71. The molecule has 2 heterocycles. The van der Waals surface area contributed by atoms with Gasteiger partial charge in [0, 0.05) is 30.0 Å². The lowest BCUT2D eigenvalue weighted by Crippen LogP contribution is -2.54. The molecule has 3 aliphatic rings. The fourth-order valence-corrected chi connectivity index (χ4v) is 6.64. The number of aryl methyl sites for hydroxylation is 1. The van der Waals surface area contributed by atoms with Gasteiger partial charge in [-0.2, -0.15) is 26.3 Å². The molecule has 51 heavy (non-hydrogen) atoms. The molecule has 0 spiro atoms. The topological polar surface area (TPSA) is 97.3 Å². The summed E-state index contributed by atoms with van der Waals surface area (Å²) >= 11 is 0. The first-order valence-corrected chi connectivity index (χ1v) is 16.9. The molecule has 1 saturated heterocycles. The normalized spacial score (nSPS) is 21.1. The number of allylic oxidation sites excluding steroid dienone is 2. The Kier molecular flexibility index (Phi) is 11.1. The smallest absolute Gasteiger partial charge is 0.430 e. The second kappa shape index (κ2) is 15.0. The monoisotopic (exact) mass is 722 g/mol. The van der Waals surface area contributed by atoms with E-state index in [1.165, 1.54) is 12.2 Å². The predicted octanol–water partition coefficient (Wildman–Crippen LogP) is 7.82. The number of hydrogen-bond donors (Lipinski definition) is 2. The number of carbonyl (C=O) groups is 2. The highest BCUT2D eigenvalue weighted by Crippen LogP contribution is 2.51. The van der Waals surface area contributed by atoms with E-state index < -0.39 is 35.1 Å². The lowest BCUT2D eigenvalue weighted by molar-refractivity contribution is -0.376. The lowest BCUT2D eigenvalue weighted by Gasteiger charge is -2.36. The Balaban J connectivity index is 1.33. The first-order valence-electron chi connectivity index (χ1n) is 16.9. The van der Waals surface area contributed by atoms with Crippen molar-refractivity contribution in [3.05, 3.63) is 88.4 Å². The summed E-state index contributed by atoms with van der Waals surface area (Å²) in [6.45, 7) is 4.39. The van der Waals surface area contributed by atoms with Gasteiger partial charge in [-0.3, -0.25) is 9.69 Å². The molecule has 2 aromatic rings. The second-order valence-electron chi connectivity index (χ2n) is 12.7. The van der Waals surface area contributed by atoms with Gasteiger partial charge in [-0.15, -0.1) is 0 Å². The van der Waals surface area contributed by atoms with E-state index >= 15 is 0 Å². The zero-order chi connectivity index (χ0) is 37.0. The molecule has 3 amide bonds. The molecule has 2 aliphatic heterocycles. The van der Waals surface area contributed by atoms with Crippen LogP contribution >= 0.6 is 0 Å². The fourth-order valence-electron chi connectivity index (χ4n) is 6.64. The summed E-state index contributed by atoms with van der Waals surface area (Å²) in [7, 11) is 0. The third-order valence-electron chi connectivity index (χ3n) is 9.40. The van der Waals surface area contributed by atoms with Gasteiger partial charge in [0.2, 0.25) is 0 Å². The van der Waals surface area contributed by atoms with Crippen LogP contribution in [0.15, 0.2) is 66.1 Å². The molecule has 2 N–H and O–H groups in total. The molecular formula is C37H40F6N2O6. The van der Waals surface area contributed by atoms with Crippen molar-refractivity contribution in [2.75, 3.05) is 26.4 Å². The van der Waals surface area contributed by atoms with Crippen molar-refractivity contribution in [3.63, 3.8) is 0 Å². The predicted molar refractivity (Wildman–Crippen MR) is 176 cm³/mol. The quantitative estimate of drug-likeness (QED) is 0.0948. The van der Waals surface area contributed by atoms with Crippen LogP contribution in [0.1, 0.15) is 68.2 Å². The molecule has 1 aliphatic carbocycles. The van der Waals surface area contributed by atoms with Crippen molar-refractivity contribution in [1.82, 2.24) is 10.2 Å². The number of rotatable bonds is 13. The number of urea groups is 1. The van der Waals surface area contributed by atoms with Gasteiger partial charge in [0.25, 0.3) is 11.5 Å².